The van der Waals surface area contributed by atoms with Crippen molar-refractivity contribution in [3.05, 3.63) is 18.1 Å². The second kappa shape index (κ2) is 4.01. The third-order valence-electron chi connectivity index (χ3n) is 2.90. The fraction of sp³-hybridized carbons (Fsp3) is 0.667. The molecule has 0 amide bonds. The van der Waals surface area contributed by atoms with Crippen molar-refractivity contribution < 1.29 is 5.11 Å². The summed E-state index contributed by atoms with van der Waals surface area (Å²) < 4.78 is 0. The van der Waals surface area contributed by atoms with Crippen molar-refractivity contribution >= 4 is 5.82 Å². The van der Waals surface area contributed by atoms with Gasteiger partial charge in [-0.3, -0.25) is 0 Å². The second-order valence-electron chi connectivity index (χ2n) is 5.50. The molecule has 1 saturated carbocycles. The number of anilines is 1. The Balaban J connectivity index is 2.05. The van der Waals surface area contributed by atoms with Crippen LogP contribution in [0.1, 0.15) is 39.3 Å². The highest BCUT2D eigenvalue weighted by Crippen LogP contribution is 2.25. The molecule has 0 radical (unpaired) electrons. The molecule has 1 aliphatic carbocycles. The van der Waals surface area contributed by atoms with E-state index in [1.165, 1.54) is 0 Å². The molecular formula is C12H19N3O. The molecule has 1 aliphatic rings. The van der Waals surface area contributed by atoms with E-state index in [0.717, 1.165) is 24.4 Å². The summed E-state index contributed by atoms with van der Waals surface area (Å²) in [6.45, 7) is 6.39. The fourth-order valence-corrected chi connectivity index (χ4v) is 1.76. The van der Waals surface area contributed by atoms with Gasteiger partial charge >= 0.3 is 0 Å². The van der Waals surface area contributed by atoms with Crippen LogP contribution in [-0.2, 0) is 5.41 Å². The first-order chi connectivity index (χ1) is 7.45. The molecule has 1 heterocycles. The summed E-state index contributed by atoms with van der Waals surface area (Å²) in [5.74, 6) is 0.858. The summed E-state index contributed by atoms with van der Waals surface area (Å²) in [4.78, 5) is 8.47. The number of hydrogen-bond acceptors (Lipinski definition) is 4. The third kappa shape index (κ3) is 2.50. The molecule has 2 N–H and O–H groups in total. The van der Waals surface area contributed by atoms with Crippen LogP contribution in [-0.4, -0.2) is 27.2 Å². The van der Waals surface area contributed by atoms with Crippen molar-refractivity contribution in [3.63, 3.8) is 0 Å². The van der Waals surface area contributed by atoms with Crippen LogP contribution < -0.4 is 5.32 Å². The highest BCUT2D eigenvalue weighted by molar-refractivity contribution is 5.38. The van der Waals surface area contributed by atoms with E-state index in [-0.39, 0.29) is 11.5 Å². The lowest BCUT2D eigenvalue weighted by molar-refractivity contribution is 0.0835. The normalized spacial score (nSPS) is 25.0. The molecule has 1 aromatic heterocycles. The number of nitrogens with one attached hydrogen (secondary N) is 1. The van der Waals surface area contributed by atoms with Crippen LogP contribution in [0.3, 0.4) is 0 Å². The molecule has 1 fully saturated rings. The predicted molar refractivity (Wildman–Crippen MR) is 63.4 cm³/mol. The zero-order valence-electron chi connectivity index (χ0n) is 10.1. The maximum Gasteiger partial charge on any atom is 0.129 e. The Morgan fingerprint density at radius 1 is 1.31 bits per heavy atom. The largest absolute Gasteiger partial charge is 0.393 e. The molecule has 0 aliphatic heterocycles. The van der Waals surface area contributed by atoms with Crippen molar-refractivity contribution in [2.45, 2.75) is 51.2 Å². The van der Waals surface area contributed by atoms with Gasteiger partial charge in [-0.15, -0.1) is 0 Å². The predicted octanol–water partition coefficient (Wildman–Crippen LogP) is 1.71. The molecule has 0 bridgehead atoms. The number of aliphatic hydroxyl groups is 1. The fourth-order valence-electron chi connectivity index (χ4n) is 1.76. The number of rotatable bonds is 2. The Morgan fingerprint density at radius 3 is 2.56 bits per heavy atom. The van der Waals surface area contributed by atoms with Gasteiger partial charge in [-0.1, -0.05) is 20.8 Å². The molecule has 88 valence electrons. The van der Waals surface area contributed by atoms with Gasteiger partial charge < -0.3 is 10.4 Å². The van der Waals surface area contributed by atoms with Crippen molar-refractivity contribution in [1.82, 2.24) is 9.97 Å². The van der Waals surface area contributed by atoms with Crippen molar-refractivity contribution in [2.24, 2.45) is 0 Å². The summed E-state index contributed by atoms with van der Waals surface area (Å²) in [5.41, 5.74) is 1.07. The lowest BCUT2D eigenvalue weighted by atomic mass is 9.89. The summed E-state index contributed by atoms with van der Waals surface area (Å²) >= 11 is 0. The van der Waals surface area contributed by atoms with Crippen LogP contribution in [0.15, 0.2) is 12.4 Å². The van der Waals surface area contributed by atoms with E-state index in [2.05, 4.69) is 36.1 Å². The van der Waals surface area contributed by atoms with Gasteiger partial charge in [0.1, 0.15) is 12.1 Å². The zero-order chi connectivity index (χ0) is 11.8. The number of nitrogens with zero attached hydrogens (tertiary/aromatic N) is 2. The first kappa shape index (κ1) is 11.3. The minimum Gasteiger partial charge on any atom is -0.393 e. The lowest BCUT2D eigenvalue weighted by Crippen LogP contribution is -2.39. The Morgan fingerprint density at radius 2 is 2.00 bits per heavy atom. The van der Waals surface area contributed by atoms with Crippen LogP contribution in [0.5, 0.6) is 0 Å². The van der Waals surface area contributed by atoms with E-state index in [4.69, 9.17) is 0 Å². The maximum absolute atomic E-state index is 9.21. The molecule has 1 aromatic rings. The van der Waals surface area contributed by atoms with E-state index < -0.39 is 0 Å². The summed E-state index contributed by atoms with van der Waals surface area (Å²) in [5, 5.41) is 12.5. The molecule has 16 heavy (non-hydrogen) atoms. The molecule has 4 nitrogen and oxygen atoms in total. The summed E-state index contributed by atoms with van der Waals surface area (Å²) in [6.07, 6.45) is 3.09. The van der Waals surface area contributed by atoms with Crippen LogP contribution in [0, 0.1) is 0 Å². The van der Waals surface area contributed by atoms with Gasteiger partial charge in [0.15, 0.2) is 0 Å². The first-order valence-corrected chi connectivity index (χ1v) is 5.72. The van der Waals surface area contributed by atoms with E-state index in [1.54, 1.807) is 6.33 Å². The average molecular weight is 221 g/mol. The standard InChI is InChI=1S/C12H19N3O/c1-12(2,3)10-6-11(14-7-13-10)15-8-4-9(16)5-8/h6-9,16H,4-5H2,1-3H3,(H,13,14,15). The third-order valence-corrected chi connectivity index (χ3v) is 2.90. The van der Waals surface area contributed by atoms with Gasteiger partial charge in [0.25, 0.3) is 0 Å². The van der Waals surface area contributed by atoms with Gasteiger partial charge in [0.2, 0.25) is 0 Å². The molecular weight excluding hydrogens is 202 g/mol. The molecule has 2 rings (SSSR count). The van der Waals surface area contributed by atoms with E-state index in [0.29, 0.717) is 6.04 Å². The number of aromatic nitrogens is 2. The van der Waals surface area contributed by atoms with Gasteiger partial charge in [-0.05, 0) is 12.8 Å². The smallest absolute Gasteiger partial charge is 0.129 e. The molecule has 0 aromatic carbocycles. The van der Waals surface area contributed by atoms with Crippen molar-refractivity contribution in [2.75, 3.05) is 5.32 Å². The first-order valence-electron chi connectivity index (χ1n) is 5.72. The van der Waals surface area contributed by atoms with Gasteiger partial charge in [0.05, 0.1) is 11.8 Å². The van der Waals surface area contributed by atoms with E-state index in [1.807, 2.05) is 6.07 Å². The minimum absolute atomic E-state index is 0.0402. The summed E-state index contributed by atoms with van der Waals surface area (Å²) in [6, 6.07) is 2.35. The molecule has 0 saturated heterocycles. The topological polar surface area (TPSA) is 58.0 Å². The minimum atomic E-state index is -0.138. The lowest BCUT2D eigenvalue weighted by Gasteiger charge is -2.32. The quantitative estimate of drug-likeness (QED) is 0.798. The SMILES string of the molecule is CC(C)(C)c1cc(NC2CC(O)C2)ncn1. The summed E-state index contributed by atoms with van der Waals surface area (Å²) in [7, 11) is 0. The zero-order valence-corrected chi connectivity index (χ0v) is 10.1. The Labute approximate surface area is 96.1 Å². The Kier molecular flexibility index (Phi) is 2.84. The monoisotopic (exact) mass is 221 g/mol. The van der Waals surface area contributed by atoms with E-state index in [9.17, 15) is 5.11 Å². The van der Waals surface area contributed by atoms with Crippen molar-refractivity contribution in [1.29, 1.82) is 0 Å². The van der Waals surface area contributed by atoms with Crippen LogP contribution in [0.4, 0.5) is 5.82 Å². The van der Waals surface area contributed by atoms with E-state index >= 15 is 0 Å². The average Bonchev–Trinajstić information content (AvgIpc) is 2.14. The molecule has 0 unspecified atom stereocenters. The van der Waals surface area contributed by atoms with Crippen molar-refractivity contribution in [3.8, 4) is 0 Å². The van der Waals surface area contributed by atoms with Gasteiger partial charge in [0, 0.05) is 17.5 Å². The second-order valence-corrected chi connectivity index (χ2v) is 5.50. The van der Waals surface area contributed by atoms with Crippen LogP contribution >= 0.6 is 0 Å². The highest BCUT2D eigenvalue weighted by atomic mass is 16.3. The maximum atomic E-state index is 9.21. The number of aliphatic hydroxyl groups excluding tert-OH is 1. The Hall–Kier alpha value is -1.16. The van der Waals surface area contributed by atoms with Crippen LogP contribution in [0.2, 0.25) is 0 Å². The molecule has 4 heteroatoms. The molecule has 0 atom stereocenters. The van der Waals surface area contributed by atoms with Crippen LogP contribution in [0.25, 0.3) is 0 Å². The van der Waals surface area contributed by atoms with Gasteiger partial charge in [-0.25, -0.2) is 9.97 Å². The Bertz CT molecular complexity index is 367. The van der Waals surface area contributed by atoms with Gasteiger partial charge in [-0.2, -0.15) is 0 Å². The molecule has 0 spiro atoms. The highest BCUT2D eigenvalue weighted by Gasteiger charge is 2.27. The number of hydrogen-bond donors (Lipinski definition) is 2.